The maximum atomic E-state index is 11.7. The van der Waals surface area contributed by atoms with Crippen molar-refractivity contribution in [3.05, 3.63) is 52.0 Å². The molecule has 0 spiro atoms. The van der Waals surface area contributed by atoms with Crippen LogP contribution in [0.1, 0.15) is 18.4 Å². The largest absolute Gasteiger partial charge is 0.504 e. The van der Waals surface area contributed by atoms with Gasteiger partial charge in [0, 0.05) is 11.4 Å². The smallest absolute Gasteiger partial charge is 0.240 e. The lowest BCUT2D eigenvalue weighted by Crippen LogP contribution is -2.18. The molecule has 138 valence electrons. The molecule has 0 heterocycles. The number of nitrogens with zero attached hydrogens (tertiary/aromatic N) is 1. The molecule has 2 N–H and O–H groups in total. The van der Waals surface area contributed by atoms with E-state index in [0.717, 1.165) is 0 Å². The molecule has 0 atom stereocenters. The Morgan fingerprint density at radius 3 is 2.77 bits per heavy atom. The van der Waals surface area contributed by atoms with Gasteiger partial charge < -0.3 is 14.6 Å². The van der Waals surface area contributed by atoms with E-state index in [0.29, 0.717) is 40.1 Å². The van der Waals surface area contributed by atoms with Gasteiger partial charge in [-0.25, -0.2) is 5.43 Å². The first-order chi connectivity index (χ1) is 12.5. The minimum Gasteiger partial charge on any atom is -0.504 e. The van der Waals surface area contributed by atoms with Gasteiger partial charge in [0.2, 0.25) is 5.91 Å². The quantitative estimate of drug-likeness (QED) is 0.401. The van der Waals surface area contributed by atoms with Gasteiger partial charge in [0.1, 0.15) is 5.75 Å². The van der Waals surface area contributed by atoms with Gasteiger partial charge >= 0.3 is 0 Å². The number of nitrogens with one attached hydrogen (secondary N) is 1. The van der Waals surface area contributed by atoms with Crippen LogP contribution in [-0.2, 0) is 4.79 Å². The number of halogens is 2. The van der Waals surface area contributed by atoms with Crippen molar-refractivity contribution in [2.45, 2.75) is 12.8 Å². The van der Waals surface area contributed by atoms with Crippen LogP contribution in [0.3, 0.4) is 0 Å². The molecule has 1 amide bonds. The molecule has 0 aliphatic rings. The highest BCUT2D eigenvalue weighted by Crippen LogP contribution is 2.27. The Hall–Kier alpha value is -2.44. The van der Waals surface area contributed by atoms with Gasteiger partial charge in [-0.1, -0.05) is 23.2 Å². The normalized spacial score (nSPS) is 10.7. The molecule has 2 aromatic carbocycles. The number of hydrogen-bond acceptors (Lipinski definition) is 5. The lowest BCUT2D eigenvalue weighted by Gasteiger charge is -2.07. The van der Waals surface area contributed by atoms with E-state index < -0.39 is 0 Å². The third-order valence-electron chi connectivity index (χ3n) is 3.31. The zero-order valence-corrected chi connectivity index (χ0v) is 15.5. The molecule has 0 aromatic heterocycles. The second-order valence-corrected chi connectivity index (χ2v) is 6.09. The van der Waals surface area contributed by atoms with Crippen LogP contribution < -0.4 is 14.9 Å². The molecule has 26 heavy (non-hydrogen) atoms. The van der Waals surface area contributed by atoms with E-state index in [4.69, 9.17) is 32.7 Å². The number of methoxy groups -OCH3 is 1. The minimum absolute atomic E-state index is 0.0366. The van der Waals surface area contributed by atoms with Gasteiger partial charge in [-0.2, -0.15) is 5.10 Å². The van der Waals surface area contributed by atoms with Crippen molar-refractivity contribution in [1.82, 2.24) is 5.43 Å². The first kappa shape index (κ1) is 19.9. The number of phenolic OH excluding ortho intramolecular Hbond substituents is 1. The van der Waals surface area contributed by atoms with E-state index in [1.165, 1.54) is 19.4 Å². The van der Waals surface area contributed by atoms with Crippen molar-refractivity contribution in [3.63, 3.8) is 0 Å². The summed E-state index contributed by atoms with van der Waals surface area (Å²) >= 11 is 11.8. The Balaban J connectivity index is 1.72. The molecule has 6 nitrogen and oxygen atoms in total. The van der Waals surface area contributed by atoms with Crippen LogP contribution in [-0.4, -0.2) is 30.9 Å². The summed E-state index contributed by atoms with van der Waals surface area (Å²) in [5, 5.41) is 14.3. The average molecular weight is 397 g/mol. The molecule has 0 unspecified atom stereocenters. The van der Waals surface area contributed by atoms with Crippen molar-refractivity contribution < 1.29 is 19.4 Å². The first-order valence-electron chi connectivity index (χ1n) is 7.76. The predicted octanol–water partition coefficient (Wildman–Crippen LogP) is 4.02. The molecule has 0 bridgehead atoms. The zero-order chi connectivity index (χ0) is 18.9. The van der Waals surface area contributed by atoms with Gasteiger partial charge in [0.05, 0.1) is 25.0 Å². The summed E-state index contributed by atoms with van der Waals surface area (Å²) in [5.74, 6) is 0.654. The fourth-order valence-electron chi connectivity index (χ4n) is 2.02. The monoisotopic (exact) mass is 396 g/mol. The van der Waals surface area contributed by atoms with Crippen molar-refractivity contribution in [2.24, 2.45) is 5.10 Å². The highest BCUT2D eigenvalue weighted by Gasteiger charge is 2.04. The van der Waals surface area contributed by atoms with E-state index in [1.54, 1.807) is 30.3 Å². The number of carbonyl (C=O) groups excluding carboxylic acids is 1. The SMILES string of the molecule is COc1cc(/C=N/NC(=O)CCCOc2ccc(Cl)cc2Cl)ccc1O. The lowest BCUT2D eigenvalue weighted by atomic mass is 10.2. The standard InChI is InChI=1S/C18H18Cl2N2O4/c1-25-17-9-12(4-6-15(17)23)11-21-22-18(24)3-2-8-26-16-7-5-13(19)10-14(16)20/h4-7,9-11,23H,2-3,8H2,1H3,(H,22,24)/b21-11+. The summed E-state index contributed by atoms with van der Waals surface area (Å²) in [6.45, 7) is 0.341. The third-order valence-corrected chi connectivity index (χ3v) is 3.84. The Bertz CT molecular complexity index is 797. The maximum Gasteiger partial charge on any atom is 0.240 e. The molecule has 0 saturated carbocycles. The summed E-state index contributed by atoms with van der Waals surface area (Å²) in [6, 6.07) is 9.70. The molecule has 8 heteroatoms. The number of benzene rings is 2. The van der Waals surface area contributed by atoms with Gasteiger partial charge in [0.15, 0.2) is 11.5 Å². The molecule has 0 fully saturated rings. The molecule has 2 rings (SSSR count). The second kappa shape index (κ2) is 9.89. The summed E-state index contributed by atoms with van der Waals surface area (Å²) in [5.41, 5.74) is 3.11. The van der Waals surface area contributed by atoms with Crippen molar-refractivity contribution in [2.75, 3.05) is 13.7 Å². The Morgan fingerprint density at radius 2 is 2.04 bits per heavy atom. The van der Waals surface area contributed by atoms with Gasteiger partial charge in [-0.15, -0.1) is 0 Å². The number of hydrogen-bond donors (Lipinski definition) is 2. The molecule has 0 radical (unpaired) electrons. The predicted molar refractivity (Wildman–Crippen MR) is 102 cm³/mol. The summed E-state index contributed by atoms with van der Waals surface area (Å²) in [6.07, 6.45) is 2.22. The van der Waals surface area contributed by atoms with E-state index in [1.807, 2.05) is 0 Å². The molecule has 0 aliphatic carbocycles. The van der Waals surface area contributed by atoms with Crippen molar-refractivity contribution in [1.29, 1.82) is 0 Å². The van der Waals surface area contributed by atoms with Gasteiger partial charge in [-0.05, 0) is 48.4 Å². The number of hydrazone groups is 1. The van der Waals surface area contributed by atoms with E-state index in [2.05, 4.69) is 10.5 Å². The minimum atomic E-state index is -0.238. The number of rotatable bonds is 8. The lowest BCUT2D eigenvalue weighted by molar-refractivity contribution is -0.121. The molecular weight excluding hydrogens is 379 g/mol. The van der Waals surface area contributed by atoms with Crippen LogP contribution in [0.25, 0.3) is 0 Å². The molecule has 0 saturated heterocycles. The topological polar surface area (TPSA) is 80.2 Å². The Labute approximate surface area is 161 Å². The molecule has 0 aliphatic heterocycles. The summed E-state index contributed by atoms with van der Waals surface area (Å²) in [7, 11) is 1.46. The van der Waals surface area contributed by atoms with Crippen LogP contribution in [0.4, 0.5) is 0 Å². The van der Waals surface area contributed by atoms with E-state index >= 15 is 0 Å². The van der Waals surface area contributed by atoms with Gasteiger partial charge in [0.25, 0.3) is 0 Å². The number of carbonyl (C=O) groups is 1. The summed E-state index contributed by atoms with van der Waals surface area (Å²) < 4.78 is 10.5. The molecular formula is C18H18Cl2N2O4. The van der Waals surface area contributed by atoms with E-state index in [-0.39, 0.29) is 18.1 Å². The highest BCUT2D eigenvalue weighted by atomic mass is 35.5. The fraction of sp³-hybridized carbons (Fsp3) is 0.222. The van der Waals surface area contributed by atoms with Crippen molar-refractivity contribution >= 4 is 35.3 Å². The highest BCUT2D eigenvalue weighted by molar-refractivity contribution is 6.35. The first-order valence-corrected chi connectivity index (χ1v) is 8.52. The maximum absolute atomic E-state index is 11.7. The number of phenols is 1. The average Bonchev–Trinajstić information content (AvgIpc) is 2.61. The van der Waals surface area contributed by atoms with Crippen LogP contribution in [0.5, 0.6) is 17.2 Å². The summed E-state index contributed by atoms with van der Waals surface area (Å²) in [4.78, 5) is 11.7. The van der Waals surface area contributed by atoms with Crippen LogP contribution >= 0.6 is 23.2 Å². The Morgan fingerprint density at radius 1 is 1.23 bits per heavy atom. The fourth-order valence-corrected chi connectivity index (χ4v) is 2.48. The van der Waals surface area contributed by atoms with Crippen LogP contribution in [0, 0.1) is 0 Å². The Kier molecular flexibility index (Phi) is 7.56. The number of ether oxygens (including phenoxy) is 2. The van der Waals surface area contributed by atoms with Crippen LogP contribution in [0.2, 0.25) is 10.0 Å². The van der Waals surface area contributed by atoms with Crippen LogP contribution in [0.15, 0.2) is 41.5 Å². The second-order valence-electron chi connectivity index (χ2n) is 5.25. The number of amides is 1. The molecule has 2 aromatic rings. The van der Waals surface area contributed by atoms with E-state index in [9.17, 15) is 9.90 Å². The van der Waals surface area contributed by atoms with Gasteiger partial charge in [-0.3, -0.25) is 4.79 Å². The zero-order valence-electron chi connectivity index (χ0n) is 14.0. The number of aromatic hydroxyl groups is 1. The van der Waals surface area contributed by atoms with Crippen molar-refractivity contribution in [3.8, 4) is 17.2 Å². The third kappa shape index (κ3) is 6.13.